The number of rotatable bonds is 8. The lowest BCUT2D eigenvalue weighted by atomic mass is 9.96. The van der Waals surface area contributed by atoms with Crippen LogP contribution in [0.5, 0.6) is 0 Å². The van der Waals surface area contributed by atoms with E-state index >= 15 is 0 Å². The van der Waals surface area contributed by atoms with E-state index in [1.807, 2.05) is 4.90 Å². The van der Waals surface area contributed by atoms with Crippen molar-refractivity contribution in [2.75, 3.05) is 52.5 Å². The number of hydrogen-bond acceptors (Lipinski definition) is 5. The van der Waals surface area contributed by atoms with E-state index in [1.165, 1.54) is 0 Å². The summed E-state index contributed by atoms with van der Waals surface area (Å²) in [5.74, 6) is 0.243. The molecule has 0 saturated carbocycles. The van der Waals surface area contributed by atoms with E-state index in [9.17, 15) is 36.2 Å². The lowest BCUT2D eigenvalue weighted by Gasteiger charge is -2.33. The lowest BCUT2D eigenvalue weighted by molar-refractivity contribution is -0.143. The molecule has 1 aromatic carbocycles. The van der Waals surface area contributed by atoms with E-state index in [0.29, 0.717) is 39.3 Å². The number of piperidine rings is 2. The number of ketones is 1. The number of carbonyl (C=O) groups excluding carboxylic acids is 1. The van der Waals surface area contributed by atoms with Gasteiger partial charge in [-0.25, -0.2) is 0 Å². The second kappa shape index (κ2) is 12.3. The van der Waals surface area contributed by atoms with Crippen LogP contribution in [0.15, 0.2) is 23.2 Å². The van der Waals surface area contributed by atoms with Crippen molar-refractivity contribution >= 4 is 19.8 Å². The van der Waals surface area contributed by atoms with Crippen molar-refractivity contribution in [2.45, 2.75) is 44.1 Å². The zero-order valence-electron chi connectivity index (χ0n) is 20.1. The first-order chi connectivity index (χ1) is 16.8. The highest BCUT2D eigenvalue weighted by atomic mass is 31.1. The van der Waals surface area contributed by atoms with Crippen LogP contribution in [0.4, 0.5) is 26.3 Å². The van der Waals surface area contributed by atoms with Gasteiger partial charge in [0.2, 0.25) is 0 Å². The highest BCUT2D eigenvalue weighted by Crippen LogP contribution is 2.37. The number of carbonyl (C=O) groups is 1. The average Bonchev–Trinajstić information content (AvgIpc) is 2.79. The monoisotopic (exact) mass is 539 g/mol. The van der Waals surface area contributed by atoms with Crippen molar-refractivity contribution in [3.63, 3.8) is 0 Å². The van der Waals surface area contributed by atoms with E-state index in [1.54, 1.807) is 6.66 Å². The summed E-state index contributed by atoms with van der Waals surface area (Å²) in [6.45, 7) is 5.33. The summed E-state index contributed by atoms with van der Waals surface area (Å²) in [5.41, 5.74) is -2.58. The molecule has 0 spiro atoms. The Morgan fingerprint density at radius 2 is 1.56 bits per heavy atom. The van der Waals surface area contributed by atoms with Gasteiger partial charge in [-0.05, 0) is 76.1 Å². The number of β-amino-alcohol motifs (C(OH)–C–C–N with tert-alkyl or cyclic N) is 1. The first-order valence-corrected chi connectivity index (χ1v) is 13.5. The highest BCUT2D eigenvalue weighted by Gasteiger charge is 2.37. The fraction of sp³-hybridized carbons (Fsp3) is 0.667. The van der Waals surface area contributed by atoms with Crippen molar-refractivity contribution in [1.29, 1.82) is 0 Å². The molecule has 3 rings (SSSR count). The van der Waals surface area contributed by atoms with Crippen LogP contribution in [0.3, 0.4) is 0 Å². The first-order valence-electron chi connectivity index (χ1n) is 12.0. The van der Waals surface area contributed by atoms with Crippen LogP contribution in [0, 0.1) is 5.92 Å². The molecule has 1 N–H and O–H groups in total. The number of alkyl halides is 6. The molecule has 5 nitrogen and oxygen atoms in total. The van der Waals surface area contributed by atoms with Gasteiger partial charge in [-0.3, -0.25) is 19.6 Å². The molecule has 0 aromatic heterocycles. The lowest BCUT2D eigenvalue weighted by Crippen LogP contribution is -2.45. The van der Waals surface area contributed by atoms with Gasteiger partial charge in [0.25, 0.3) is 0 Å². The Balaban J connectivity index is 1.57. The molecule has 0 amide bonds. The molecule has 0 aliphatic carbocycles. The maximum absolute atomic E-state index is 13.2. The predicted molar refractivity (Wildman–Crippen MR) is 128 cm³/mol. The summed E-state index contributed by atoms with van der Waals surface area (Å²) in [6.07, 6.45) is -7.04. The Kier molecular flexibility index (Phi) is 9.94. The normalized spacial score (nSPS) is 22.0. The van der Waals surface area contributed by atoms with E-state index in [4.69, 9.17) is 0 Å². The third kappa shape index (κ3) is 8.50. The van der Waals surface area contributed by atoms with E-state index < -0.39 is 23.5 Å². The van der Waals surface area contributed by atoms with Crippen molar-refractivity contribution in [2.24, 2.45) is 10.9 Å². The topological polar surface area (TPSA) is 56.1 Å². The second-order valence-corrected chi connectivity index (χ2v) is 10.5. The molecule has 0 radical (unpaired) electrons. The maximum atomic E-state index is 13.2. The van der Waals surface area contributed by atoms with Gasteiger partial charge in [0.1, 0.15) is 0 Å². The van der Waals surface area contributed by atoms with Gasteiger partial charge >= 0.3 is 12.4 Å². The highest BCUT2D eigenvalue weighted by molar-refractivity contribution is 7.58. The van der Waals surface area contributed by atoms with Crippen molar-refractivity contribution in [3.05, 3.63) is 34.9 Å². The Hall–Kier alpha value is -1.55. The summed E-state index contributed by atoms with van der Waals surface area (Å²) in [4.78, 5) is 20.9. The molecule has 12 heteroatoms. The quantitative estimate of drug-likeness (QED) is 0.300. The SMILES string of the molecule is CPC(=NCC1CCN(CC(=O)CN2CCCC(O)C2)CC1)c1cc(C(F)(F)F)cc(C(F)(F)F)c1. The molecule has 2 aliphatic heterocycles. The molecule has 2 unspecified atom stereocenters. The van der Waals surface area contributed by atoms with Gasteiger partial charge in [-0.1, -0.05) is 8.58 Å². The molecule has 1 aromatic rings. The van der Waals surface area contributed by atoms with Crippen molar-refractivity contribution in [1.82, 2.24) is 9.80 Å². The number of likely N-dealkylation sites (tertiary alicyclic amines) is 2. The summed E-state index contributed by atoms with van der Waals surface area (Å²) in [6, 6.07) is 1.60. The van der Waals surface area contributed by atoms with E-state index in [-0.39, 0.29) is 43.5 Å². The van der Waals surface area contributed by atoms with Crippen LogP contribution < -0.4 is 0 Å². The Labute approximate surface area is 208 Å². The molecule has 2 aliphatic rings. The van der Waals surface area contributed by atoms with Crippen LogP contribution in [-0.4, -0.2) is 84.7 Å². The van der Waals surface area contributed by atoms with E-state index in [0.717, 1.165) is 44.4 Å². The maximum Gasteiger partial charge on any atom is 0.416 e. The summed E-state index contributed by atoms with van der Waals surface area (Å²) in [7, 11) is -0.0639. The van der Waals surface area contributed by atoms with Gasteiger partial charge in [-0.2, -0.15) is 26.3 Å². The van der Waals surface area contributed by atoms with Crippen LogP contribution >= 0.6 is 8.58 Å². The fourth-order valence-corrected chi connectivity index (χ4v) is 5.36. The third-order valence-electron chi connectivity index (χ3n) is 6.59. The number of aliphatic imine (C=N–C) groups is 1. The van der Waals surface area contributed by atoms with Gasteiger partial charge in [0.15, 0.2) is 5.78 Å². The fourth-order valence-electron chi connectivity index (χ4n) is 4.68. The number of nitrogens with zero attached hydrogens (tertiary/aromatic N) is 3. The zero-order valence-corrected chi connectivity index (χ0v) is 21.1. The minimum absolute atomic E-state index is 0.0639. The minimum atomic E-state index is -4.89. The molecule has 2 fully saturated rings. The first kappa shape index (κ1) is 29.0. The number of benzene rings is 1. The molecule has 2 atom stereocenters. The van der Waals surface area contributed by atoms with Gasteiger partial charge in [-0.15, -0.1) is 0 Å². The zero-order chi connectivity index (χ0) is 26.5. The standard InChI is InChI=1S/C24H32F6N3O2P/c1-36-22(17-9-18(23(25,26)27)11-19(10-17)24(28,29)30)31-12-16-4-7-32(8-5-16)14-21(35)15-33-6-2-3-20(34)13-33/h9-11,16,20,34,36H,2-8,12-15H2,1H3. The average molecular weight is 540 g/mol. The molecule has 0 bridgehead atoms. The van der Waals surface area contributed by atoms with Gasteiger partial charge in [0.05, 0.1) is 35.8 Å². The summed E-state index contributed by atoms with van der Waals surface area (Å²) < 4.78 is 79.3. The Morgan fingerprint density at radius 1 is 0.972 bits per heavy atom. The van der Waals surface area contributed by atoms with Gasteiger partial charge < -0.3 is 5.11 Å². The summed E-state index contributed by atoms with van der Waals surface area (Å²) >= 11 is 0. The van der Waals surface area contributed by atoms with Crippen LogP contribution in [0.2, 0.25) is 0 Å². The second-order valence-electron chi connectivity index (χ2n) is 9.52. The molecule has 36 heavy (non-hydrogen) atoms. The number of hydrogen-bond donors (Lipinski definition) is 1. The Morgan fingerprint density at radius 3 is 2.08 bits per heavy atom. The predicted octanol–water partition coefficient (Wildman–Crippen LogP) is 4.52. The smallest absolute Gasteiger partial charge is 0.392 e. The number of aliphatic hydroxyl groups excluding tert-OH is 1. The Bertz CT molecular complexity index is 897. The van der Waals surface area contributed by atoms with Gasteiger partial charge in [0, 0.05) is 18.7 Å². The van der Waals surface area contributed by atoms with Crippen LogP contribution in [-0.2, 0) is 17.1 Å². The van der Waals surface area contributed by atoms with Crippen molar-refractivity contribution < 1.29 is 36.2 Å². The van der Waals surface area contributed by atoms with Crippen molar-refractivity contribution in [3.8, 4) is 0 Å². The molecule has 202 valence electrons. The number of halogens is 6. The summed E-state index contributed by atoms with van der Waals surface area (Å²) in [5, 5.41) is 9.75. The number of Topliss-reactive ketones (excluding diaryl/α,β-unsaturated/α-hetero) is 1. The van der Waals surface area contributed by atoms with Crippen LogP contribution in [0.25, 0.3) is 0 Å². The largest absolute Gasteiger partial charge is 0.416 e. The minimum Gasteiger partial charge on any atom is -0.392 e. The molecule has 2 heterocycles. The molecule has 2 saturated heterocycles. The van der Waals surface area contributed by atoms with E-state index in [2.05, 4.69) is 9.89 Å². The molecular weight excluding hydrogens is 507 g/mol. The molecular formula is C24H32F6N3O2P. The van der Waals surface area contributed by atoms with Crippen LogP contribution in [0.1, 0.15) is 42.4 Å². The number of aliphatic hydroxyl groups is 1. The third-order valence-corrected chi connectivity index (χ3v) is 7.51.